The number of rotatable bonds is 0. The van der Waals surface area contributed by atoms with E-state index in [-0.39, 0.29) is 11.5 Å². The highest BCUT2D eigenvalue weighted by Gasteiger charge is 2.28. The van der Waals surface area contributed by atoms with Gasteiger partial charge in [-0.3, -0.25) is 0 Å². The summed E-state index contributed by atoms with van der Waals surface area (Å²) in [6.45, 7) is 7.43. The van der Waals surface area contributed by atoms with Crippen LogP contribution in [0.2, 0.25) is 5.15 Å². The number of hydrogen-bond acceptors (Lipinski definition) is 2. The van der Waals surface area contributed by atoms with Crippen molar-refractivity contribution in [1.82, 2.24) is 9.55 Å². The van der Waals surface area contributed by atoms with E-state index in [4.69, 9.17) is 17.3 Å². The Morgan fingerprint density at radius 2 is 2.13 bits per heavy atom. The minimum Gasteiger partial charge on any atom is -0.330 e. The van der Waals surface area contributed by atoms with Gasteiger partial charge < -0.3 is 10.3 Å². The first-order chi connectivity index (χ1) is 6.89. The van der Waals surface area contributed by atoms with E-state index in [9.17, 15) is 0 Å². The Labute approximate surface area is 95.6 Å². The van der Waals surface area contributed by atoms with Gasteiger partial charge in [0, 0.05) is 24.4 Å². The van der Waals surface area contributed by atoms with Crippen LogP contribution >= 0.6 is 11.6 Å². The standard InChI is InChI=1S/C11H18ClN3/c1-11(2,3)10-14-9(12)8-6-7(13)4-5-15(8)10/h7H,4-6,13H2,1-3H3. The predicted molar refractivity (Wildman–Crippen MR) is 62.2 cm³/mol. The van der Waals surface area contributed by atoms with Gasteiger partial charge in [0.2, 0.25) is 0 Å². The molecule has 0 radical (unpaired) electrons. The van der Waals surface area contributed by atoms with Crippen molar-refractivity contribution < 1.29 is 0 Å². The third-order valence-electron chi connectivity index (χ3n) is 2.87. The summed E-state index contributed by atoms with van der Waals surface area (Å²) in [4.78, 5) is 4.47. The van der Waals surface area contributed by atoms with Crippen molar-refractivity contribution >= 4 is 11.6 Å². The normalized spacial score (nSPS) is 21.5. The van der Waals surface area contributed by atoms with Crippen LogP contribution in [-0.2, 0) is 18.4 Å². The van der Waals surface area contributed by atoms with Crippen molar-refractivity contribution in [1.29, 1.82) is 0 Å². The highest BCUT2D eigenvalue weighted by atomic mass is 35.5. The Hall–Kier alpha value is -0.540. The zero-order chi connectivity index (χ0) is 11.2. The monoisotopic (exact) mass is 227 g/mol. The summed E-state index contributed by atoms with van der Waals surface area (Å²) in [5.74, 6) is 1.08. The molecule has 1 unspecified atom stereocenters. The number of halogens is 1. The second-order valence-corrected chi connectivity index (χ2v) is 5.69. The molecule has 3 nitrogen and oxygen atoms in total. The number of nitrogens with two attached hydrogens (primary N) is 1. The van der Waals surface area contributed by atoms with Crippen molar-refractivity contribution in [2.75, 3.05) is 0 Å². The minimum atomic E-state index is 0.0450. The van der Waals surface area contributed by atoms with Gasteiger partial charge in [0.25, 0.3) is 0 Å². The van der Waals surface area contributed by atoms with Crippen LogP contribution in [0.1, 0.15) is 38.7 Å². The number of imidazole rings is 1. The Morgan fingerprint density at radius 3 is 2.73 bits per heavy atom. The molecule has 2 N–H and O–H groups in total. The Bertz CT molecular complexity index is 376. The Kier molecular flexibility index (Phi) is 2.55. The van der Waals surface area contributed by atoms with E-state index in [0.717, 1.165) is 30.9 Å². The first kappa shape index (κ1) is 11.0. The first-order valence-electron chi connectivity index (χ1n) is 5.40. The van der Waals surface area contributed by atoms with Crippen LogP contribution in [0, 0.1) is 0 Å². The smallest absolute Gasteiger partial charge is 0.150 e. The van der Waals surface area contributed by atoms with Gasteiger partial charge >= 0.3 is 0 Å². The molecule has 4 heteroatoms. The average molecular weight is 228 g/mol. The highest BCUT2D eigenvalue weighted by molar-refractivity contribution is 6.30. The third-order valence-corrected chi connectivity index (χ3v) is 3.18. The lowest BCUT2D eigenvalue weighted by molar-refractivity contribution is 0.425. The molecule has 0 spiro atoms. The maximum absolute atomic E-state index is 6.15. The minimum absolute atomic E-state index is 0.0450. The molecule has 0 fully saturated rings. The number of nitrogens with zero attached hydrogens (tertiary/aromatic N) is 2. The summed E-state index contributed by atoms with van der Waals surface area (Å²) < 4.78 is 2.24. The quantitative estimate of drug-likeness (QED) is 0.738. The Morgan fingerprint density at radius 1 is 1.47 bits per heavy atom. The SMILES string of the molecule is CC(C)(C)c1nc(Cl)c2n1CCC(N)C2. The molecular weight excluding hydrogens is 210 g/mol. The van der Waals surface area contributed by atoms with Gasteiger partial charge in [-0.2, -0.15) is 0 Å². The number of hydrogen-bond donors (Lipinski definition) is 1. The summed E-state index contributed by atoms with van der Waals surface area (Å²) >= 11 is 6.15. The van der Waals surface area contributed by atoms with Crippen LogP contribution in [0.5, 0.6) is 0 Å². The van der Waals surface area contributed by atoms with Gasteiger partial charge in [-0.1, -0.05) is 32.4 Å². The van der Waals surface area contributed by atoms with Gasteiger partial charge in [-0.05, 0) is 6.42 Å². The summed E-state index contributed by atoms with van der Waals surface area (Å²) in [5, 5.41) is 0.634. The predicted octanol–water partition coefficient (Wildman–Crippen LogP) is 2.11. The van der Waals surface area contributed by atoms with E-state index in [1.165, 1.54) is 0 Å². The molecule has 0 saturated carbocycles. The van der Waals surface area contributed by atoms with Crippen molar-refractivity contribution in [2.45, 2.75) is 51.6 Å². The maximum Gasteiger partial charge on any atom is 0.150 e. The van der Waals surface area contributed by atoms with Gasteiger partial charge in [0.15, 0.2) is 5.15 Å². The molecule has 84 valence electrons. The molecule has 0 bridgehead atoms. The van der Waals surface area contributed by atoms with Crippen LogP contribution in [0.25, 0.3) is 0 Å². The highest BCUT2D eigenvalue weighted by Crippen LogP contribution is 2.30. The first-order valence-corrected chi connectivity index (χ1v) is 5.78. The molecule has 1 aliphatic heterocycles. The third kappa shape index (κ3) is 1.91. The molecule has 0 aliphatic carbocycles. The second kappa shape index (κ2) is 3.49. The maximum atomic E-state index is 6.15. The van der Waals surface area contributed by atoms with Crippen LogP contribution in [-0.4, -0.2) is 15.6 Å². The molecule has 1 aliphatic rings. The molecule has 0 aromatic carbocycles. The molecule has 0 saturated heterocycles. The van der Waals surface area contributed by atoms with E-state index >= 15 is 0 Å². The topological polar surface area (TPSA) is 43.8 Å². The second-order valence-electron chi connectivity index (χ2n) is 5.33. The molecule has 2 heterocycles. The van der Waals surface area contributed by atoms with Crippen LogP contribution in [0.3, 0.4) is 0 Å². The average Bonchev–Trinajstić information content (AvgIpc) is 2.43. The zero-order valence-electron chi connectivity index (χ0n) is 9.55. The van der Waals surface area contributed by atoms with E-state index in [0.29, 0.717) is 5.15 Å². The van der Waals surface area contributed by atoms with E-state index in [1.807, 2.05) is 0 Å². The fourth-order valence-corrected chi connectivity index (χ4v) is 2.37. The van der Waals surface area contributed by atoms with E-state index in [1.54, 1.807) is 0 Å². The van der Waals surface area contributed by atoms with Crippen molar-refractivity contribution in [3.05, 3.63) is 16.7 Å². The zero-order valence-corrected chi connectivity index (χ0v) is 10.3. The molecule has 1 aromatic heterocycles. The fraction of sp³-hybridized carbons (Fsp3) is 0.727. The molecule has 15 heavy (non-hydrogen) atoms. The van der Waals surface area contributed by atoms with E-state index in [2.05, 4.69) is 30.3 Å². The van der Waals surface area contributed by atoms with Gasteiger partial charge in [-0.25, -0.2) is 4.98 Å². The van der Waals surface area contributed by atoms with Gasteiger partial charge in [0.05, 0.1) is 5.69 Å². The summed E-state index contributed by atoms with van der Waals surface area (Å²) in [5.41, 5.74) is 7.09. The molecule has 2 rings (SSSR count). The lowest BCUT2D eigenvalue weighted by atomic mass is 9.95. The summed E-state index contributed by atoms with van der Waals surface area (Å²) in [6, 6.07) is 0.236. The Balaban J connectivity index is 2.48. The van der Waals surface area contributed by atoms with Crippen molar-refractivity contribution in [3.8, 4) is 0 Å². The molecule has 1 atom stereocenters. The van der Waals surface area contributed by atoms with Crippen molar-refractivity contribution in [3.63, 3.8) is 0 Å². The van der Waals surface area contributed by atoms with Crippen LogP contribution < -0.4 is 5.73 Å². The fourth-order valence-electron chi connectivity index (χ4n) is 2.11. The molecule has 0 amide bonds. The lowest BCUT2D eigenvalue weighted by Crippen LogP contribution is -2.32. The van der Waals surface area contributed by atoms with Gasteiger partial charge in [-0.15, -0.1) is 0 Å². The number of fused-ring (bicyclic) bond motifs is 1. The molecular formula is C11H18ClN3. The summed E-state index contributed by atoms with van der Waals surface area (Å²) in [6.07, 6.45) is 1.87. The number of aromatic nitrogens is 2. The largest absolute Gasteiger partial charge is 0.330 e. The summed E-state index contributed by atoms with van der Waals surface area (Å²) in [7, 11) is 0. The lowest BCUT2D eigenvalue weighted by Gasteiger charge is -2.26. The van der Waals surface area contributed by atoms with Crippen LogP contribution in [0.4, 0.5) is 0 Å². The van der Waals surface area contributed by atoms with Crippen LogP contribution in [0.15, 0.2) is 0 Å². The van der Waals surface area contributed by atoms with Crippen molar-refractivity contribution in [2.24, 2.45) is 5.73 Å². The van der Waals surface area contributed by atoms with E-state index < -0.39 is 0 Å². The van der Waals surface area contributed by atoms with Gasteiger partial charge in [0.1, 0.15) is 5.82 Å². The molecule has 1 aromatic rings.